The summed E-state index contributed by atoms with van der Waals surface area (Å²) in [6, 6.07) is 10.0. The molecule has 2 amide bonds. The average Bonchev–Trinajstić information content (AvgIpc) is 3.49. The summed E-state index contributed by atoms with van der Waals surface area (Å²) in [4.78, 5) is 41.4. The molecule has 2 fully saturated rings. The first-order chi connectivity index (χ1) is 15.6. The van der Waals surface area contributed by atoms with Crippen LogP contribution in [0.5, 0.6) is 0 Å². The Balaban J connectivity index is 1.35. The maximum absolute atomic E-state index is 12.8. The van der Waals surface area contributed by atoms with Crippen LogP contribution in [0.3, 0.4) is 0 Å². The van der Waals surface area contributed by atoms with Crippen LogP contribution in [0.2, 0.25) is 0 Å². The number of nitrogens with zero attached hydrogens (tertiary/aromatic N) is 5. The smallest absolute Gasteiger partial charge is 0.236 e. The Morgan fingerprint density at radius 3 is 2.62 bits per heavy atom. The van der Waals surface area contributed by atoms with Crippen LogP contribution in [0.15, 0.2) is 30.3 Å². The third-order valence-electron chi connectivity index (χ3n) is 7.00. The summed E-state index contributed by atoms with van der Waals surface area (Å²) in [6.07, 6.45) is 4.44. The van der Waals surface area contributed by atoms with Crippen molar-refractivity contribution in [2.45, 2.75) is 51.5 Å². The minimum absolute atomic E-state index is 0.110. The number of likely N-dealkylation sites (tertiary alicyclic amines) is 2. The number of amides is 2. The standard InChI is InChI=1S/C25H31N5O2/c1-18-21-9-10-22(31)30(15-19-7-3-2-4-8-19)25(21)27-24(26-18)20-11-14-29(16-20)23(32)17-28-12-5-6-13-28/h2-4,7-8,20H,5-6,9-17H2,1H3/t20-/m1/s1. The molecule has 3 aliphatic rings. The van der Waals surface area contributed by atoms with Crippen LogP contribution in [0.4, 0.5) is 5.82 Å². The summed E-state index contributed by atoms with van der Waals surface area (Å²) in [5.74, 6) is 1.97. The SMILES string of the molecule is Cc1nc([C@@H]2CCN(C(=O)CN3CCCC3)C2)nc2c1CCC(=O)N2Cc1ccccc1. The predicted octanol–water partition coefficient (Wildman–Crippen LogP) is 2.68. The number of benzene rings is 1. The normalized spacial score (nSPS) is 21.3. The Hall–Kier alpha value is -2.80. The van der Waals surface area contributed by atoms with E-state index in [2.05, 4.69) is 4.90 Å². The van der Waals surface area contributed by atoms with Gasteiger partial charge in [0, 0.05) is 36.7 Å². The zero-order chi connectivity index (χ0) is 22.1. The fourth-order valence-electron chi connectivity index (χ4n) is 5.14. The summed E-state index contributed by atoms with van der Waals surface area (Å²) >= 11 is 0. The van der Waals surface area contributed by atoms with E-state index in [1.165, 1.54) is 12.8 Å². The van der Waals surface area contributed by atoms with Gasteiger partial charge in [0.15, 0.2) is 0 Å². The number of fused-ring (bicyclic) bond motifs is 1. The highest BCUT2D eigenvalue weighted by atomic mass is 16.2. The molecule has 2 aromatic rings. The first kappa shape index (κ1) is 21.1. The third-order valence-corrected chi connectivity index (χ3v) is 7.00. The van der Waals surface area contributed by atoms with E-state index < -0.39 is 0 Å². The molecule has 0 aliphatic carbocycles. The lowest BCUT2D eigenvalue weighted by Crippen LogP contribution is -2.38. The molecule has 0 N–H and O–H groups in total. The van der Waals surface area contributed by atoms with Crippen LogP contribution in [0, 0.1) is 6.92 Å². The van der Waals surface area contributed by atoms with Crippen molar-refractivity contribution in [2.75, 3.05) is 37.6 Å². The Morgan fingerprint density at radius 1 is 1.06 bits per heavy atom. The molecule has 0 unspecified atom stereocenters. The molecule has 5 rings (SSSR count). The van der Waals surface area contributed by atoms with Crippen molar-refractivity contribution >= 4 is 17.6 Å². The largest absolute Gasteiger partial charge is 0.341 e. The van der Waals surface area contributed by atoms with E-state index in [0.29, 0.717) is 32.5 Å². The second kappa shape index (κ2) is 8.98. The monoisotopic (exact) mass is 433 g/mol. The van der Waals surface area contributed by atoms with Crippen molar-refractivity contribution in [3.8, 4) is 0 Å². The molecule has 3 aliphatic heterocycles. The van der Waals surface area contributed by atoms with Crippen LogP contribution in [-0.2, 0) is 22.6 Å². The molecule has 2 saturated heterocycles. The highest BCUT2D eigenvalue weighted by Gasteiger charge is 2.33. The van der Waals surface area contributed by atoms with Gasteiger partial charge in [-0.2, -0.15) is 0 Å². The zero-order valence-electron chi connectivity index (χ0n) is 18.8. The summed E-state index contributed by atoms with van der Waals surface area (Å²) in [6.45, 7) is 6.54. The maximum Gasteiger partial charge on any atom is 0.236 e. The lowest BCUT2D eigenvalue weighted by Gasteiger charge is -2.30. The molecule has 1 atom stereocenters. The molecule has 0 bridgehead atoms. The first-order valence-electron chi connectivity index (χ1n) is 11.8. The van der Waals surface area contributed by atoms with Crippen molar-refractivity contribution in [3.63, 3.8) is 0 Å². The van der Waals surface area contributed by atoms with Gasteiger partial charge in [-0.15, -0.1) is 0 Å². The second-order valence-corrected chi connectivity index (χ2v) is 9.24. The Labute approximate surface area is 189 Å². The van der Waals surface area contributed by atoms with Crippen molar-refractivity contribution < 1.29 is 9.59 Å². The van der Waals surface area contributed by atoms with E-state index >= 15 is 0 Å². The molecule has 7 nitrogen and oxygen atoms in total. The second-order valence-electron chi connectivity index (χ2n) is 9.24. The van der Waals surface area contributed by atoms with Crippen LogP contribution in [0.25, 0.3) is 0 Å². The number of rotatable bonds is 5. The van der Waals surface area contributed by atoms with Gasteiger partial charge >= 0.3 is 0 Å². The number of hydrogen-bond acceptors (Lipinski definition) is 5. The fourth-order valence-corrected chi connectivity index (χ4v) is 5.14. The quantitative estimate of drug-likeness (QED) is 0.725. The number of aryl methyl sites for hydroxylation is 1. The van der Waals surface area contributed by atoms with Crippen LogP contribution < -0.4 is 4.90 Å². The predicted molar refractivity (Wildman–Crippen MR) is 122 cm³/mol. The van der Waals surface area contributed by atoms with E-state index in [1.807, 2.05) is 47.1 Å². The number of hydrogen-bond donors (Lipinski definition) is 0. The van der Waals surface area contributed by atoms with E-state index in [9.17, 15) is 9.59 Å². The Bertz CT molecular complexity index is 1000. The summed E-state index contributed by atoms with van der Waals surface area (Å²) in [5.41, 5.74) is 3.12. The van der Waals surface area contributed by atoms with Crippen molar-refractivity contribution in [3.05, 3.63) is 53.0 Å². The number of aromatic nitrogens is 2. The number of carbonyl (C=O) groups excluding carboxylic acids is 2. The van der Waals surface area contributed by atoms with E-state index in [1.54, 1.807) is 0 Å². The molecule has 0 saturated carbocycles. The molecule has 0 spiro atoms. The van der Waals surface area contributed by atoms with Crippen molar-refractivity contribution in [1.29, 1.82) is 0 Å². The maximum atomic E-state index is 12.8. The van der Waals surface area contributed by atoms with Gasteiger partial charge in [-0.1, -0.05) is 30.3 Å². The zero-order valence-corrected chi connectivity index (χ0v) is 18.8. The number of carbonyl (C=O) groups is 2. The molecule has 168 valence electrons. The van der Waals surface area contributed by atoms with E-state index in [0.717, 1.165) is 54.5 Å². The van der Waals surface area contributed by atoms with E-state index in [4.69, 9.17) is 9.97 Å². The van der Waals surface area contributed by atoms with Gasteiger partial charge in [-0.3, -0.25) is 19.4 Å². The third kappa shape index (κ3) is 4.26. The highest BCUT2D eigenvalue weighted by Crippen LogP contribution is 2.33. The van der Waals surface area contributed by atoms with Crippen LogP contribution >= 0.6 is 0 Å². The van der Waals surface area contributed by atoms with Crippen molar-refractivity contribution in [1.82, 2.24) is 19.8 Å². The first-order valence-corrected chi connectivity index (χ1v) is 11.8. The molecule has 1 aromatic carbocycles. The summed E-state index contributed by atoms with van der Waals surface area (Å²) < 4.78 is 0. The van der Waals surface area contributed by atoms with Gasteiger partial charge in [0.05, 0.1) is 13.1 Å². The van der Waals surface area contributed by atoms with Gasteiger partial charge < -0.3 is 4.90 Å². The molecule has 0 radical (unpaired) electrons. The minimum atomic E-state index is 0.110. The molecular weight excluding hydrogens is 402 g/mol. The highest BCUT2D eigenvalue weighted by molar-refractivity contribution is 5.95. The molecule has 7 heteroatoms. The van der Waals surface area contributed by atoms with Crippen molar-refractivity contribution in [2.24, 2.45) is 0 Å². The lowest BCUT2D eigenvalue weighted by molar-refractivity contribution is -0.131. The fraction of sp³-hybridized carbons (Fsp3) is 0.520. The van der Waals surface area contributed by atoms with E-state index in [-0.39, 0.29) is 17.7 Å². The van der Waals surface area contributed by atoms with Gasteiger partial charge in [0.25, 0.3) is 0 Å². The topological polar surface area (TPSA) is 69.6 Å². The Morgan fingerprint density at radius 2 is 1.84 bits per heavy atom. The van der Waals surface area contributed by atoms with Gasteiger partial charge in [0.2, 0.25) is 11.8 Å². The summed E-state index contributed by atoms with van der Waals surface area (Å²) in [7, 11) is 0. The van der Waals surface area contributed by atoms with Gasteiger partial charge in [-0.05, 0) is 51.3 Å². The van der Waals surface area contributed by atoms with Crippen LogP contribution in [-0.4, -0.2) is 64.3 Å². The minimum Gasteiger partial charge on any atom is -0.341 e. The van der Waals surface area contributed by atoms with Gasteiger partial charge in [-0.25, -0.2) is 9.97 Å². The number of anilines is 1. The molecule has 32 heavy (non-hydrogen) atoms. The molecule has 1 aromatic heterocycles. The average molecular weight is 434 g/mol. The lowest BCUT2D eigenvalue weighted by atomic mass is 10.0. The van der Waals surface area contributed by atoms with Crippen LogP contribution in [0.1, 0.15) is 54.2 Å². The van der Waals surface area contributed by atoms with Gasteiger partial charge in [0.1, 0.15) is 11.6 Å². The Kier molecular flexibility index (Phi) is 5.91. The molecular formula is C25H31N5O2. The molecule has 4 heterocycles. The summed E-state index contributed by atoms with van der Waals surface area (Å²) in [5, 5.41) is 0.